The zero-order valence-electron chi connectivity index (χ0n) is 16.9. The van der Waals surface area contributed by atoms with Crippen LogP contribution in [0.3, 0.4) is 0 Å². The maximum atomic E-state index is 5.95. The van der Waals surface area contributed by atoms with E-state index in [0.717, 1.165) is 84.2 Å². The summed E-state index contributed by atoms with van der Waals surface area (Å²) in [6, 6.07) is 0. The highest BCUT2D eigenvalue weighted by Crippen LogP contribution is 2.14. The predicted octanol–water partition coefficient (Wildman–Crippen LogP) is 2.20. The van der Waals surface area contributed by atoms with Gasteiger partial charge in [0.15, 0.2) is 5.96 Å². The third-order valence-corrected chi connectivity index (χ3v) is 4.59. The fraction of sp³-hybridized carbons (Fsp3) is 0.947. The van der Waals surface area contributed by atoms with Gasteiger partial charge in [0, 0.05) is 46.5 Å². The second-order valence-corrected chi connectivity index (χ2v) is 6.57. The van der Waals surface area contributed by atoms with Crippen LogP contribution in [-0.4, -0.2) is 88.0 Å². The molecule has 0 unspecified atom stereocenters. The van der Waals surface area contributed by atoms with E-state index in [4.69, 9.17) is 14.5 Å². The van der Waals surface area contributed by atoms with Gasteiger partial charge in [-0.05, 0) is 45.7 Å². The predicted molar refractivity (Wildman–Crippen MR) is 105 cm³/mol. The van der Waals surface area contributed by atoms with Crippen molar-refractivity contribution >= 4 is 5.96 Å². The Morgan fingerprint density at radius 2 is 1.92 bits per heavy atom. The highest BCUT2D eigenvalue weighted by Gasteiger charge is 2.21. The summed E-state index contributed by atoms with van der Waals surface area (Å²) in [5, 5.41) is 3.45. The number of nitrogens with one attached hydrogen (secondary N) is 1. The van der Waals surface area contributed by atoms with Crippen molar-refractivity contribution in [1.82, 2.24) is 15.1 Å². The van der Waals surface area contributed by atoms with Gasteiger partial charge in [-0.2, -0.15) is 0 Å². The molecule has 0 bridgehead atoms. The number of nitrogens with zero attached hydrogens (tertiary/aromatic N) is 3. The molecular formula is C19H40N4O2. The molecule has 0 atom stereocenters. The Hall–Kier alpha value is -0.850. The Balaban J connectivity index is 2.37. The van der Waals surface area contributed by atoms with E-state index in [1.165, 1.54) is 6.42 Å². The quantitative estimate of drug-likeness (QED) is 0.330. The summed E-state index contributed by atoms with van der Waals surface area (Å²) in [6.07, 6.45) is 4.72. The average molecular weight is 357 g/mol. The highest BCUT2D eigenvalue weighted by molar-refractivity contribution is 5.80. The van der Waals surface area contributed by atoms with Gasteiger partial charge < -0.3 is 24.6 Å². The zero-order valence-corrected chi connectivity index (χ0v) is 16.9. The van der Waals surface area contributed by atoms with Crippen molar-refractivity contribution in [1.29, 1.82) is 0 Å². The van der Waals surface area contributed by atoms with Gasteiger partial charge in [-0.25, -0.2) is 0 Å². The van der Waals surface area contributed by atoms with Crippen LogP contribution in [0.2, 0.25) is 0 Å². The molecule has 25 heavy (non-hydrogen) atoms. The van der Waals surface area contributed by atoms with Gasteiger partial charge in [-0.1, -0.05) is 13.8 Å². The molecule has 0 amide bonds. The van der Waals surface area contributed by atoms with Crippen molar-refractivity contribution < 1.29 is 9.47 Å². The van der Waals surface area contributed by atoms with Crippen LogP contribution in [-0.2, 0) is 9.47 Å². The third kappa shape index (κ3) is 9.42. The number of piperidine rings is 1. The number of rotatable bonds is 12. The molecule has 1 saturated heterocycles. The molecule has 0 aromatic carbocycles. The number of aliphatic imine (C=N–C) groups is 1. The zero-order chi connectivity index (χ0) is 18.3. The van der Waals surface area contributed by atoms with Gasteiger partial charge in [-0.15, -0.1) is 0 Å². The van der Waals surface area contributed by atoms with Crippen LogP contribution in [0.25, 0.3) is 0 Å². The second-order valence-electron chi connectivity index (χ2n) is 6.57. The van der Waals surface area contributed by atoms with Crippen LogP contribution < -0.4 is 5.32 Å². The second kappa shape index (κ2) is 14.3. The molecular weight excluding hydrogens is 316 g/mol. The lowest BCUT2D eigenvalue weighted by molar-refractivity contribution is 0.00990. The van der Waals surface area contributed by atoms with Gasteiger partial charge in [0.05, 0.1) is 12.6 Å². The van der Waals surface area contributed by atoms with Crippen LogP contribution in [0.1, 0.15) is 46.5 Å². The van der Waals surface area contributed by atoms with Crippen molar-refractivity contribution in [3.05, 3.63) is 0 Å². The van der Waals surface area contributed by atoms with Crippen LogP contribution in [0, 0.1) is 0 Å². The minimum absolute atomic E-state index is 0.385. The molecule has 1 aliphatic heterocycles. The van der Waals surface area contributed by atoms with E-state index in [-0.39, 0.29) is 0 Å². The van der Waals surface area contributed by atoms with Gasteiger partial charge >= 0.3 is 0 Å². The molecule has 1 heterocycles. The van der Waals surface area contributed by atoms with E-state index in [0.29, 0.717) is 6.10 Å². The summed E-state index contributed by atoms with van der Waals surface area (Å²) in [7, 11) is 1.74. The van der Waals surface area contributed by atoms with E-state index < -0.39 is 0 Å². The summed E-state index contributed by atoms with van der Waals surface area (Å²) < 4.78 is 11.0. The number of hydrogen-bond acceptors (Lipinski definition) is 4. The molecule has 0 spiro atoms. The Bertz CT molecular complexity index is 344. The molecule has 1 N–H and O–H groups in total. The van der Waals surface area contributed by atoms with Crippen LogP contribution in [0.15, 0.2) is 4.99 Å². The molecule has 148 valence electrons. The summed E-state index contributed by atoms with van der Waals surface area (Å²) >= 11 is 0. The first kappa shape index (κ1) is 22.2. The molecule has 0 saturated carbocycles. The molecule has 0 radical (unpaired) electrons. The molecule has 6 nitrogen and oxygen atoms in total. The number of guanidine groups is 1. The van der Waals surface area contributed by atoms with Gasteiger partial charge in [-0.3, -0.25) is 4.99 Å². The Labute approximate surface area is 154 Å². The van der Waals surface area contributed by atoms with Gasteiger partial charge in [0.2, 0.25) is 0 Å². The molecule has 1 fully saturated rings. The molecule has 0 aromatic heterocycles. The molecule has 1 aliphatic rings. The molecule has 0 aliphatic carbocycles. The molecule has 0 aromatic rings. The largest absolute Gasteiger partial charge is 0.385 e. The lowest BCUT2D eigenvalue weighted by Crippen LogP contribution is -2.47. The topological polar surface area (TPSA) is 49.3 Å². The number of likely N-dealkylation sites (N-methyl/N-ethyl adjacent to an activating group) is 1. The first-order valence-electron chi connectivity index (χ1n) is 10.1. The molecule has 1 rings (SSSR count). The summed E-state index contributed by atoms with van der Waals surface area (Å²) in [6.45, 7) is 15.3. The normalized spacial score (nSPS) is 16.7. The first-order valence-corrected chi connectivity index (χ1v) is 10.1. The fourth-order valence-electron chi connectivity index (χ4n) is 3.15. The summed E-state index contributed by atoms with van der Waals surface area (Å²) in [5.41, 5.74) is 0. The molecule has 6 heteroatoms. The van der Waals surface area contributed by atoms with Crippen molar-refractivity contribution in [2.45, 2.75) is 52.6 Å². The average Bonchev–Trinajstić information content (AvgIpc) is 2.64. The smallest absolute Gasteiger partial charge is 0.193 e. The van der Waals surface area contributed by atoms with Crippen molar-refractivity contribution in [2.24, 2.45) is 4.99 Å². The van der Waals surface area contributed by atoms with Gasteiger partial charge in [0.25, 0.3) is 0 Å². The number of methoxy groups -OCH3 is 1. The van der Waals surface area contributed by atoms with E-state index in [2.05, 4.69) is 35.9 Å². The van der Waals surface area contributed by atoms with Crippen molar-refractivity contribution in [2.75, 3.05) is 66.1 Å². The van der Waals surface area contributed by atoms with Crippen molar-refractivity contribution in [3.63, 3.8) is 0 Å². The third-order valence-electron chi connectivity index (χ3n) is 4.59. The number of likely N-dealkylation sites (tertiary alicyclic amines) is 1. The number of ether oxygens (including phenoxy) is 2. The van der Waals surface area contributed by atoms with Crippen LogP contribution in [0.4, 0.5) is 0 Å². The lowest BCUT2D eigenvalue weighted by atomic mass is 10.1. The minimum atomic E-state index is 0.385. The SMILES string of the molecule is CCCN(CC)CCN=C(NCC)N1CCC(OCCCOC)CC1. The fourth-order valence-corrected chi connectivity index (χ4v) is 3.15. The van der Waals surface area contributed by atoms with E-state index in [9.17, 15) is 0 Å². The Morgan fingerprint density at radius 1 is 1.16 bits per heavy atom. The Morgan fingerprint density at radius 3 is 2.52 bits per heavy atom. The Kier molecular flexibility index (Phi) is 12.7. The van der Waals surface area contributed by atoms with Gasteiger partial charge in [0.1, 0.15) is 0 Å². The lowest BCUT2D eigenvalue weighted by Gasteiger charge is -2.34. The van der Waals surface area contributed by atoms with E-state index in [1.54, 1.807) is 7.11 Å². The van der Waals surface area contributed by atoms with Crippen LogP contribution >= 0.6 is 0 Å². The summed E-state index contributed by atoms with van der Waals surface area (Å²) in [5.74, 6) is 1.06. The monoisotopic (exact) mass is 356 g/mol. The van der Waals surface area contributed by atoms with Crippen molar-refractivity contribution in [3.8, 4) is 0 Å². The number of hydrogen-bond donors (Lipinski definition) is 1. The summed E-state index contributed by atoms with van der Waals surface area (Å²) in [4.78, 5) is 9.70. The highest BCUT2D eigenvalue weighted by atomic mass is 16.5. The maximum Gasteiger partial charge on any atom is 0.193 e. The maximum absolute atomic E-state index is 5.95. The van der Waals surface area contributed by atoms with E-state index >= 15 is 0 Å². The minimum Gasteiger partial charge on any atom is -0.385 e. The first-order chi connectivity index (χ1) is 12.2. The van der Waals surface area contributed by atoms with E-state index in [1.807, 2.05) is 0 Å². The van der Waals surface area contributed by atoms with Crippen LogP contribution in [0.5, 0.6) is 0 Å². The standard InChI is InChI=1S/C19H40N4O2/c1-5-12-22(7-3)15-11-21-19(20-6-2)23-13-9-18(10-14-23)25-17-8-16-24-4/h18H,5-17H2,1-4H3,(H,20,21).